The summed E-state index contributed by atoms with van der Waals surface area (Å²) in [5, 5.41) is 7.67. The van der Waals surface area contributed by atoms with Gasteiger partial charge in [-0.25, -0.2) is 9.48 Å². The fourth-order valence-electron chi connectivity index (χ4n) is 3.35. The molecular formula is C25H27N3O5. The summed E-state index contributed by atoms with van der Waals surface area (Å²) in [5.74, 6) is -1.39. The summed E-state index contributed by atoms with van der Waals surface area (Å²) < 4.78 is 6.67. The molecule has 8 heteroatoms. The second-order valence-corrected chi connectivity index (χ2v) is 7.80. The molecule has 0 radical (unpaired) electrons. The third kappa shape index (κ3) is 5.71. The largest absolute Gasteiger partial charge is 0.448 e. The first kappa shape index (κ1) is 23.8. The van der Waals surface area contributed by atoms with E-state index < -0.39 is 18.0 Å². The molecule has 172 valence electrons. The standard InChI is InChI=1S/C25H27N3O5/c1-4-5-8-15-28-24(31)21-10-7-6-9-20(21)22(27-28)25(32)33-17(3)23(30)26-19-13-11-18(12-14-19)16(2)29/h6-7,9-14,17H,4-5,8,15H2,1-3H3,(H,26,30). The van der Waals surface area contributed by atoms with Crippen molar-refractivity contribution in [2.75, 3.05) is 5.32 Å². The van der Waals surface area contributed by atoms with E-state index in [0.29, 0.717) is 28.6 Å². The van der Waals surface area contributed by atoms with Gasteiger partial charge in [0.1, 0.15) is 0 Å². The number of unbranched alkanes of at least 4 members (excludes halogenated alkanes) is 2. The number of Topliss-reactive ketones (excluding diaryl/α,β-unsaturated/α-hetero) is 1. The topological polar surface area (TPSA) is 107 Å². The van der Waals surface area contributed by atoms with Crippen LogP contribution in [-0.4, -0.2) is 33.5 Å². The van der Waals surface area contributed by atoms with E-state index in [4.69, 9.17) is 4.74 Å². The normalized spacial score (nSPS) is 11.7. The molecule has 3 aromatic rings. The molecular weight excluding hydrogens is 422 g/mol. The molecule has 0 aliphatic heterocycles. The van der Waals surface area contributed by atoms with E-state index in [1.54, 1.807) is 48.5 Å². The van der Waals surface area contributed by atoms with Crippen molar-refractivity contribution >= 4 is 34.1 Å². The molecule has 0 saturated heterocycles. The van der Waals surface area contributed by atoms with E-state index in [9.17, 15) is 19.2 Å². The Balaban J connectivity index is 1.78. The summed E-state index contributed by atoms with van der Waals surface area (Å²) in [5.41, 5.74) is 0.727. The molecule has 0 bridgehead atoms. The first-order valence-corrected chi connectivity index (χ1v) is 10.9. The molecule has 1 aromatic heterocycles. The van der Waals surface area contributed by atoms with Crippen molar-refractivity contribution in [3.05, 3.63) is 70.1 Å². The van der Waals surface area contributed by atoms with Gasteiger partial charge in [0.2, 0.25) is 0 Å². The SMILES string of the molecule is CCCCCn1nc(C(=O)OC(C)C(=O)Nc2ccc(C(C)=O)cc2)c2ccccc2c1=O. The Hall–Kier alpha value is -3.81. The second kappa shape index (κ2) is 10.7. The van der Waals surface area contributed by atoms with Gasteiger partial charge in [0.15, 0.2) is 17.6 Å². The molecule has 0 saturated carbocycles. The number of esters is 1. The summed E-state index contributed by atoms with van der Waals surface area (Å²) in [6, 6.07) is 13.1. The smallest absolute Gasteiger partial charge is 0.360 e. The quantitative estimate of drug-likeness (QED) is 0.301. The van der Waals surface area contributed by atoms with Crippen LogP contribution in [0.5, 0.6) is 0 Å². The van der Waals surface area contributed by atoms with E-state index in [-0.39, 0.29) is 17.0 Å². The number of hydrogen-bond acceptors (Lipinski definition) is 6. The zero-order valence-corrected chi connectivity index (χ0v) is 19.0. The summed E-state index contributed by atoms with van der Waals surface area (Å²) >= 11 is 0. The summed E-state index contributed by atoms with van der Waals surface area (Å²) in [6.45, 7) is 5.37. The van der Waals surface area contributed by atoms with Crippen LogP contribution in [0.25, 0.3) is 10.8 Å². The van der Waals surface area contributed by atoms with Crippen molar-refractivity contribution in [1.82, 2.24) is 9.78 Å². The van der Waals surface area contributed by atoms with Gasteiger partial charge in [-0.2, -0.15) is 5.10 Å². The number of nitrogens with one attached hydrogen (secondary N) is 1. The minimum absolute atomic E-state index is 0.00726. The zero-order chi connectivity index (χ0) is 24.0. The molecule has 0 aliphatic rings. The van der Waals surface area contributed by atoms with Crippen LogP contribution in [0.15, 0.2) is 53.3 Å². The lowest BCUT2D eigenvalue weighted by Gasteiger charge is -2.15. The predicted octanol–water partition coefficient (Wildman–Crippen LogP) is 3.97. The van der Waals surface area contributed by atoms with Crippen molar-refractivity contribution in [1.29, 1.82) is 0 Å². The average Bonchev–Trinajstić information content (AvgIpc) is 2.81. The second-order valence-electron chi connectivity index (χ2n) is 7.80. The molecule has 1 unspecified atom stereocenters. The Morgan fingerprint density at radius 3 is 2.33 bits per heavy atom. The average molecular weight is 450 g/mol. The van der Waals surface area contributed by atoms with Gasteiger partial charge in [-0.3, -0.25) is 14.4 Å². The number of ether oxygens (including phenoxy) is 1. The van der Waals surface area contributed by atoms with Crippen molar-refractivity contribution in [3.8, 4) is 0 Å². The monoisotopic (exact) mass is 449 g/mol. The highest BCUT2D eigenvalue weighted by Gasteiger charge is 2.23. The first-order valence-electron chi connectivity index (χ1n) is 10.9. The fraction of sp³-hybridized carbons (Fsp3) is 0.320. The van der Waals surface area contributed by atoms with E-state index in [1.165, 1.54) is 18.5 Å². The molecule has 2 aromatic carbocycles. The molecule has 1 atom stereocenters. The molecule has 0 fully saturated rings. The summed E-state index contributed by atoms with van der Waals surface area (Å²) in [6.07, 6.45) is 1.58. The molecule has 1 heterocycles. The predicted molar refractivity (Wildman–Crippen MR) is 125 cm³/mol. The lowest BCUT2D eigenvalue weighted by Crippen LogP contribution is -2.32. The highest BCUT2D eigenvalue weighted by Crippen LogP contribution is 2.16. The number of amides is 1. The van der Waals surface area contributed by atoms with Crippen LogP contribution in [0.4, 0.5) is 5.69 Å². The number of carbonyl (C=O) groups excluding carboxylic acids is 3. The number of ketones is 1. The van der Waals surface area contributed by atoms with Crippen LogP contribution in [-0.2, 0) is 16.1 Å². The Labute approximate surface area is 191 Å². The number of anilines is 1. The van der Waals surface area contributed by atoms with Gasteiger partial charge < -0.3 is 10.1 Å². The van der Waals surface area contributed by atoms with Crippen LogP contribution >= 0.6 is 0 Å². The van der Waals surface area contributed by atoms with Gasteiger partial charge >= 0.3 is 5.97 Å². The summed E-state index contributed by atoms with van der Waals surface area (Å²) in [4.78, 5) is 49.6. The van der Waals surface area contributed by atoms with Gasteiger partial charge in [-0.1, -0.05) is 38.0 Å². The van der Waals surface area contributed by atoms with Crippen LogP contribution in [0, 0.1) is 0 Å². The minimum atomic E-state index is -1.11. The molecule has 8 nitrogen and oxygen atoms in total. The van der Waals surface area contributed by atoms with Gasteiger partial charge in [-0.15, -0.1) is 0 Å². The Kier molecular flexibility index (Phi) is 7.71. The number of nitrogens with zero attached hydrogens (tertiary/aromatic N) is 2. The number of benzene rings is 2. The van der Waals surface area contributed by atoms with E-state index >= 15 is 0 Å². The van der Waals surface area contributed by atoms with Crippen LogP contribution in [0.2, 0.25) is 0 Å². The zero-order valence-electron chi connectivity index (χ0n) is 19.0. The van der Waals surface area contributed by atoms with Gasteiger partial charge in [-0.05, 0) is 50.6 Å². The van der Waals surface area contributed by atoms with E-state index in [2.05, 4.69) is 17.3 Å². The maximum Gasteiger partial charge on any atom is 0.360 e. The highest BCUT2D eigenvalue weighted by molar-refractivity contribution is 6.04. The minimum Gasteiger partial charge on any atom is -0.448 e. The molecule has 1 amide bonds. The van der Waals surface area contributed by atoms with Crippen LogP contribution in [0.1, 0.15) is 60.9 Å². The Morgan fingerprint density at radius 1 is 1.03 bits per heavy atom. The molecule has 3 rings (SSSR count). The number of aromatic nitrogens is 2. The van der Waals surface area contributed by atoms with Crippen molar-refractivity contribution in [2.45, 2.75) is 52.7 Å². The maximum absolute atomic E-state index is 12.9. The van der Waals surface area contributed by atoms with Gasteiger partial charge in [0.05, 0.1) is 5.39 Å². The van der Waals surface area contributed by atoms with Crippen molar-refractivity contribution in [3.63, 3.8) is 0 Å². The van der Waals surface area contributed by atoms with Gasteiger partial charge in [0.25, 0.3) is 11.5 Å². The van der Waals surface area contributed by atoms with Crippen molar-refractivity contribution < 1.29 is 19.1 Å². The van der Waals surface area contributed by atoms with Crippen LogP contribution < -0.4 is 10.9 Å². The molecule has 1 N–H and O–H groups in total. The highest BCUT2D eigenvalue weighted by atomic mass is 16.5. The number of fused-ring (bicyclic) bond motifs is 1. The first-order chi connectivity index (χ1) is 15.8. The molecule has 33 heavy (non-hydrogen) atoms. The number of aryl methyl sites for hydroxylation is 1. The number of hydrogen-bond donors (Lipinski definition) is 1. The Morgan fingerprint density at radius 2 is 1.70 bits per heavy atom. The number of rotatable bonds is 9. The number of carbonyl (C=O) groups is 3. The van der Waals surface area contributed by atoms with Crippen LogP contribution in [0.3, 0.4) is 0 Å². The molecule has 0 spiro atoms. The van der Waals surface area contributed by atoms with E-state index in [1.807, 2.05) is 0 Å². The van der Waals surface area contributed by atoms with Gasteiger partial charge in [0, 0.05) is 23.2 Å². The summed E-state index contributed by atoms with van der Waals surface area (Å²) in [7, 11) is 0. The lowest BCUT2D eigenvalue weighted by molar-refractivity contribution is -0.123. The third-order valence-electron chi connectivity index (χ3n) is 5.25. The maximum atomic E-state index is 12.9. The van der Waals surface area contributed by atoms with Crippen molar-refractivity contribution in [2.24, 2.45) is 0 Å². The van der Waals surface area contributed by atoms with E-state index in [0.717, 1.165) is 19.3 Å². The fourth-order valence-corrected chi connectivity index (χ4v) is 3.35. The lowest BCUT2D eigenvalue weighted by atomic mass is 10.1. The third-order valence-corrected chi connectivity index (χ3v) is 5.25. The molecule has 0 aliphatic carbocycles. The Bertz CT molecular complexity index is 1230.